The maximum atomic E-state index is 12.3. The van der Waals surface area contributed by atoms with Crippen LogP contribution in [0.1, 0.15) is 17.1 Å². The van der Waals surface area contributed by atoms with Gasteiger partial charge in [-0.05, 0) is 32.0 Å². The molecule has 130 valence electrons. The molecule has 0 bridgehead atoms. The summed E-state index contributed by atoms with van der Waals surface area (Å²) < 4.78 is 1.89. The molecule has 6 nitrogen and oxygen atoms in total. The van der Waals surface area contributed by atoms with Crippen LogP contribution in [0.25, 0.3) is 21.9 Å². The fourth-order valence-corrected chi connectivity index (χ4v) is 3.21. The van der Waals surface area contributed by atoms with Crippen molar-refractivity contribution in [3.8, 4) is 0 Å². The molecular formula is C20H19N5O. The number of aromatic nitrogens is 3. The molecule has 6 heteroatoms. The molecular weight excluding hydrogens is 326 g/mol. The number of benzene rings is 2. The summed E-state index contributed by atoms with van der Waals surface area (Å²) in [5, 5.41) is 5.22. The first-order valence-corrected chi connectivity index (χ1v) is 8.44. The number of nitrogens with one attached hydrogen (secondary N) is 2. The highest BCUT2D eigenvalue weighted by Gasteiger charge is 2.10. The van der Waals surface area contributed by atoms with Crippen molar-refractivity contribution in [2.24, 2.45) is 5.10 Å². The van der Waals surface area contributed by atoms with Gasteiger partial charge in [-0.3, -0.25) is 4.79 Å². The highest BCUT2D eigenvalue weighted by molar-refractivity contribution is 6.00. The van der Waals surface area contributed by atoms with Crippen molar-refractivity contribution >= 4 is 34.1 Å². The number of aromatic amines is 1. The molecule has 0 saturated heterocycles. The minimum Gasteiger partial charge on any atom is -0.358 e. The van der Waals surface area contributed by atoms with Crippen LogP contribution in [0.3, 0.4) is 0 Å². The first kappa shape index (κ1) is 16.1. The van der Waals surface area contributed by atoms with Crippen LogP contribution in [-0.4, -0.2) is 26.7 Å². The van der Waals surface area contributed by atoms with Gasteiger partial charge in [0.25, 0.3) is 5.91 Å². The maximum absolute atomic E-state index is 12.3. The van der Waals surface area contributed by atoms with Crippen molar-refractivity contribution in [3.05, 3.63) is 65.6 Å². The van der Waals surface area contributed by atoms with E-state index in [4.69, 9.17) is 0 Å². The number of para-hydroxylation sites is 3. The molecule has 0 aliphatic rings. The van der Waals surface area contributed by atoms with Gasteiger partial charge < -0.3 is 9.55 Å². The number of nitrogens with zero attached hydrogens (tertiary/aromatic N) is 3. The third kappa shape index (κ3) is 2.86. The van der Waals surface area contributed by atoms with Crippen LogP contribution in [0, 0.1) is 13.8 Å². The molecule has 0 spiro atoms. The van der Waals surface area contributed by atoms with Crippen LogP contribution >= 0.6 is 0 Å². The van der Waals surface area contributed by atoms with Crippen LogP contribution in [-0.2, 0) is 11.3 Å². The summed E-state index contributed by atoms with van der Waals surface area (Å²) >= 11 is 0. The molecule has 1 amide bonds. The van der Waals surface area contributed by atoms with E-state index in [1.165, 1.54) is 0 Å². The zero-order valence-corrected chi connectivity index (χ0v) is 14.7. The van der Waals surface area contributed by atoms with Crippen LogP contribution in [0.5, 0.6) is 0 Å². The smallest absolute Gasteiger partial charge is 0.260 e. The normalized spacial score (nSPS) is 11.6. The third-order valence-corrected chi connectivity index (χ3v) is 4.47. The molecule has 4 aromatic rings. The second kappa shape index (κ2) is 6.48. The fourth-order valence-electron chi connectivity index (χ4n) is 3.21. The van der Waals surface area contributed by atoms with E-state index >= 15 is 0 Å². The van der Waals surface area contributed by atoms with E-state index in [9.17, 15) is 4.79 Å². The lowest BCUT2D eigenvalue weighted by molar-refractivity contribution is -0.121. The molecule has 2 aromatic heterocycles. The van der Waals surface area contributed by atoms with Gasteiger partial charge in [0, 0.05) is 22.2 Å². The predicted molar refractivity (Wildman–Crippen MR) is 103 cm³/mol. The van der Waals surface area contributed by atoms with E-state index in [0.29, 0.717) is 0 Å². The number of carbonyl (C=O) groups is 1. The van der Waals surface area contributed by atoms with E-state index in [2.05, 4.69) is 20.5 Å². The third-order valence-electron chi connectivity index (χ3n) is 4.47. The van der Waals surface area contributed by atoms with Gasteiger partial charge in [-0.1, -0.05) is 30.3 Å². The number of H-pyrrole nitrogens is 1. The van der Waals surface area contributed by atoms with E-state index < -0.39 is 0 Å². The lowest BCUT2D eigenvalue weighted by atomic mass is 10.1. The number of amides is 1. The van der Waals surface area contributed by atoms with Gasteiger partial charge in [0.05, 0.1) is 17.2 Å². The predicted octanol–water partition coefficient (Wildman–Crippen LogP) is 3.28. The van der Waals surface area contributed by atoms with Crippen LogP contribution < -0.4 is 5.43 Å². The van der Waals surface area contributed by atoms with Gasteiger partial charge in [-0.15, -0.1) is 0 Å². The minimum atomic E-state index is -0.190. The zero-order chi connectivity index (χ0) is 18.1. The van der Waals surface area contributed by atoms with Gasteiger partial charge in [0.2, 0.25) is 0 Å². The Labute approximate surface area is 150 Å². The second-order valence-corrected chi connectivity index (χ2v) is 6.24. The lowest BCUT2D eigenvalue weighted by Gasteiger charge is -2.05. The Kier molecular flexibility index (Phi) is 4.01. The highest BCUT2D eigenvalue weighted by atomic mass is 16.2. The van der Waals surface area contributed by atoms with Gasteiger partial charge in [0.15, 0.2) is 0 Å². The summed E-state index contributed by atoms with van der Waals surface area (Å²) in [6.07, 6.45) is 1.69. The number of carbonyl (C=O) groups excluding carboxylic acids is 1. The number of hydrazone groups is 1. The number of rotatable bonds is 4. The largest absolute Gasteiger partial charge is 0.358 e. The quantitative estimate of drug-likeness (QED) is 0.440. The topological polar surface area (TPSA) is 75.1 Å². The van der Waals surface area contributed by atoms with Gasteiger partial charge in [0.1, 0.15) is 12.4 Å². The summed E-state index contributed by atoms with van der Waals surface area (Å²) in [7, 11) is 0. The van der Waals surface area contributed by atoms with E-state index in [0.717, 1.165) is 39.0 Å². The van der Waals surface area contributed by atoms with Crippen molar-refractivity contribution in [1.82, 2.24) is 20.0 Å². The number of hydrogen-bond acceptors (Lipinski definition) is 3. The summed E-state index contributed by atoms with van der Waals surface area (Å²) in [6, 6.07) is 15.8. The first-order valence-electron chi connectivity index (χ1n) is 8.44. The maximum Gasteiger partial charge on any atom is 0.260 e. The standard InChI is InChI=1S/C20H19N5O/c1-13-16(15-7-3-4-8-17(15)22-13)11-21-24-20(26)12-25-14(2)23-18-9-5-6-10-19(18)25/h3-11,22H,12H2,1-2H3,(H,24,26)/b21-11+. The van der Waals surface area contributed by atoms with E-state index in [1.54, 1.807) is 6.21 Å². The molecule has 2 aromatic carbocycles. The summed E-state index contributed by atoms with van der Waals surface area (Å²) in [5.74, 6) is 0.614. The van der Waals surface area contributed by atoms with E-state index in [-0.39, 0.29) is 12.5 Å². The molecule has 4 rings (SSSR count). The SMILES string of the molecule is Cc1[nH]c2ccccc2c1/C=N/NC(=O)Cn1c(C)nc2ccccc21. The Morgan fingerprint density at radius 1 is 1.19 bits per heavy atom. The van der Waals surface area contributed by atoms with Crippen LogP contribution in [0.15, 0.2) is 53.6 Å². The van der Waals surface area contributed by atoms with Gasteiger partial charge >= 0.3 is 0 Å². The van der Waals surface area contributed by atoms with Crippen molar-refractivity contribution in [1.29, 1.82) is 0 Å². The Hall–Kier alpha value is -3.41. The first-order chi connectivity index (χ1) is 12.6. The average Bonchev–Trinajstić information content (AvgIpc) is 3.12. The molecule has 2 N–H and O–H groups in total. The molecule has 0 unspecified atom stereocenters. The number of aryl methyl sites for hydroxylation is 2. The van der Waals surface area contributed by atoms with Crippen molar-refractivity contribution < 1.29 is 4.79 Å². The van der Waals surface area contributed by atoms with E-state index in [1.807, 2.05) is 66.9 Å². The van der Waals surface area contributed by atoms with Crippen molar-refractivity contribution in [2.45, 2.75) is 20.4 Å². The molecule has 0 fully saturated rings. The molecule has 0 aliphatic heterocycles. The van der Waals surface area contributed by atoms with Crippen LogP contribution in [0.2, 0.25) is 0 Å². The van der Waals surface area contributed by atoms with Gasteiger partial charge in [-0.2, -0.15) is 5.10 Å². The Balaban J connectivity index is 1.51. The Bertz CT molecular complexity index is 1140. The number of fused-ring (bicyclic) bond motifs is 2. The number of hydrogen-bond donors (Lipinski definition) is 2. The zero-order valence-electron chi connectivity index (χ0n) is 14.7. The molecule has 26 heavy (non-hydrogen) atoms. The minimum absolute atomic E-state index is 0.177. The summed E-state index contributed by atoms with van der Waals surface area (Å²) in [6.45, 7) is 4.06. The molecule has 2 heterocycles. The molecule has 0 aliphatic carbocycles. The molecule has 0 radical (unpaired) electrons. The average molecular weight is 345 g/mol. The highest BCUT2D eigenvalue weighted by Crippen LogP contribution is 2.20. The van der Waals surface area contributed by atoms with Crippen molar-refractivity contribution in [3.63, 3.8) is 0 Å². The molecule has 0 saturated carbocycles. The second-order valence-electron chi connectivity index (χ2n) is 6.24. The van der Waals surface area contributed by atoms with Crippen molar-refractivity contribution in [2.75, 3.05) is 0 Å². The summed E-state index contributed by atoms with van der Waals surface area (Å²) in [4.78, 5) is 20.1. The molecule has 0 atom stereocenters. The number of imidazole rings is 1. The Morgan fingerprint density at radius 3 is 2.85 bits per heavy atom. The van der Waals surface area contributed by atoms with Gasteiger partial charge in [-0.25, -0.2) is 10.4 Å². The summed E-state index contributed by atoms with van der Waals surface area (Å²) in [5.41, 5.74) is 7.48. The Morgan fingerprint density at radius 2 is 1.96 bits per heavy atom. The fraction of sp³-hybridized carbons (Fsp3) is 0.150. The monoisotopic (exact) mass is 345 g/mol. The lowest BCUT2D eigenvalue weighted by Crippen LogP contribution is -2.23. The van der Waals surface area contributed by atoms with Crippen LogP contribution in [0.4, 0.5) is 0 Å².